The lowest BCUT2D eigenvalue weighted by atomic mass is 10.2. The van der Waals surface area contributed by atoms with Crippen LogP contribution in [-0.4, -0.2) is 21.4 Å². The van der Waals surface area contributed by atoms with Gasteiger partial charge in [-0.15, -0.1) is 0 Å². The number of ether oxygens (including phenoxy) is 1. The summed E-state index contributed by atoms with van der Waals surface area (Å²) in [5, 5.41) is 2.64. The fourth-order valence-electron chi connectivity index (χ4n) is 2.77. The highest BCUT2D eigenvalue weighted by atomic mass is 79.9. The van der Waals surface area contributed by atoms with Crippen LogP contribution in [0.3, 0.4) is 0 Å². The number of anilines is 2. The summed E-state index contributed by atoms with van der Waals surface area (Å²) in [6, 6.07) is 14.9. The molecule has 6 nitrogen and oxygen atoms in total. The first-order valence-electron chi connectivity index (χ1n) is 8.74. The Morgan fingerprint density at radius 2 is 1.80 bits per heavy atom. The first-order chi connectivity index (χ1) is 14.2. The second-order valence-electron chi connectivity index (χ2n) is 6.36. The van der Waals surface area contributed by atoms with Crippen molar-refractivity contribution in [2.24, 2.45) is 0 Å². The zero-order valence-corrected chi connectivity index (χ0v) is 18.5. The standard InChI is InChI=1S/C21H18BrFN2O4S/c1-13-7-9-15(24-21(26)16-10-8-14(23)11-17(16)22)12-20(13)30(27,28)25-18-5-3-4-6-19(18)29-2/h3-12,25H,1-2H3,(H,24,26). The van der Waals surface area contributed by atoms with Gasteiger partial charge in [0.05, 0.1) is 23.3 Å². The van der Waals surface area contributed by atoms with Crippen LogP contribution in [0.1, 0.15) is 15.9 Å². The molecular weight excluding hydrogens is 475 g/mol. The SMILES string of the molecule is COc1ccccc1NS(=O)(=O)c1cc(NC(=O)c2ccc(F)cc2Br)ccc1C. The molecular formula is C21H18BrFN2O4S. The summed E-state index contributed by atoms with van der Waals surface area (Å²) in [6.45, 7) is 1.65. The summed E-state index contributed by atoms with van der Waals surface area (Å²) in [5.74, 6) is -0.610. The van der Waals surface area contributed by atoms with E-state index in [9.17, 15) is 17.6 Å². The fraction of sp³-hybridized carbons (Fsp3) is 0.0952. The highest BCUT2D eigenvalue weighted by molar-refractivity contribution is 9.10. The van der Waals surface area contributed by atoms with Crippen molar-refractivity contribution in [1.82, 2.24) is 0 Å². The van der Waals surface area contributed by atoms with Gasteiger partial charge < -0.3 is 10.1 Å². The van der Waals surface area contributed by atoms with Crippen molar-refractivity contribution in [2.45, 2.75) is 11.8 Å². The Labute approximate surface area is 182 Å². The van der Waals surface area contributed by atoms with E-state index in [4.69, 9.17) is 4.74 Å². The zero-order valence-electron chi connectivity index (χ0n) is 16.1. The molecule has 3 aromatic rings. The maximum absolute atomic E-state index is 13.3. The third kappa shape index (κ3) is 4.80. The number of amides is 1. The molecule has 0 saturated heterocycles. The van der Waals surface area contributed by atoms with Gasteiger partial charge >= 0.3 is 0 Å². The predicted molar refractivity (Wildman–Crippen MR) is 117 cm³/mol. The second-order valence-corrected chi connectivity index (χ2v) is 8.87. The molecule has 0 aliphatic carbocycles. The second kappa shape index (κ2) is 8.85. The molecule has 156 valence electrons. The molecule has 30 heavy (non-hydrogen) atoms. The summed E-state index contributed by atoms with van der Waals surface area (Å²) < 4.78 is 47.2. The van der Waals surface area contributed by atoms with Crippen molar-refractivity contribution < 1.29 is 22.3 Å². The molecule has 1 amide bonds. The Morgan fingerprint density at radius 1 is 1.07 bits per heavy atom. The molecule has 2 N–H and O–H groups in total. The molecule has 0 fully saturated rings. The summed E-state index contributed by atoms with van der Waals surface area (Å²) in [6.07, 6.45) is 0. The van der Waals surface area contributed by atoms with Crippen molar-refractivity contribution in [3.63, 3.8) is 0 Å². The number of methoxy groups -OCH3 is 1. The van der Waals surface area contributed by atoms with Crippen LogP contribution >= 0.6 is 15.9 Å². The van der Waals surface area contributed by atoms with Crippen molar-refractivity contribution in [3.8, 4) is 5.75 Å². The van der Waals surface area contributed by atoms with Gasteiger partial charge in [-0.1, -0.05) is 18.2 Å². The lowest BCUT2D eigenvalue weighted by molar-refractivity contribution is 0.102. The van der Waals surface area contributed by atoms with Crippen molar-refractivity contribution in [1.29, 1.82) is 0 Å². The maximum Gasteiger partial charge on any atom is 0.262 e. The number of rotatable bonds is 6. The van der Waals surface area contributed by atoms with Gasteiger partial charge in [0.1, 0.15) is 11.6 Å². The Hall–Kier alpha value is -2.91. The largest absolute Gasteiger partial charge is 0.495 e. The highest BCUT2D eigenvalue weighted by Crippen LogP contribution is 2.28. The zero-order chi connectivity index (χ0) is 21.9. The third-order valence-corrected chi connectivity index (χ3v) is 6.43. The minimum Gasteiger partial charge on any atom is -0.495 e. The average molecular weight is 493 g/mol. The summed E-state index contributed by atoms with van der Waals surface area (Å²) in [7, 11) is -2.51. The molecule has 0 bridgehead atoms. The van der Waals surface area contributed by atoms with Crippen molar-refractivity contribution in [2.75, 3.05) is 17.1 Å². The summed E-state index contributed by atoms with van der Waals surface area (Å²) >= 11 is 3.15. The molecule has 0 aliphatic heterocycles. The summed E-state index contributed by atoms with van der Waals surface area (Å²) in [5.41, 5.74) is 1.29. The van der Waals surface area contributed by atoms with E-state index in [2.05, 4.69) is 26.0 Å². The number of hydrogen-bond acceptors (Lipinski definition) is 4. The van der Waals surface area contributed by atoms with E-state index >= 15 is 0 Å². The molecule has 0 saturated carbocycles. The van der Waals surface area contributed by atoms with E-state index in [-0.39, 0.29) is 20.6 Å². The normalized spacial score (nSPS) is 11.1. The smallest absolute Gasteiger partial charge is 0.262 e. The fourth-order valence-corrected chi connectivity index (χ4v) is 4.64. The number of carbonyl (C=O) groups is 1. The van der Waals surface area contributed by atoms with Crippen LogP contribution in [0.15, 0.2) is 70.0 Å². The first-order valence-corrected chi connectivity index (χ1v) is 11.0. The number of carbonyl (C=O) groups excluding carboxylic acids is 1. The van der Waals surface area contributed by atoms with Gasteiger partial charge in [0, 0.05) is 10.2 Å². The van der Waals surface area contributed by atoms with Gasteiger partial charge in [0.25, 0.3) is 15.9 Å². The van der Waals surface area contributed by atoms with Gasteiger partial charge in [-0.2, -0.15) is 0 Å². The van der Waals surface area contributed by atoms with Gasteiger partial charge in [-0.25, -0.2) is 12.8 Å². The van der Waals surface area contributed by atoms with Gasteiger partial charge in [0.2, 0.25) is 0 Å². The number of sulfonamides is 1. The number of nitrogens with one attached hydrogen (secondary N) is 2. The Kier molecular flexibility index (Phi) is 6.42. The van der Waals surface area contributed by atoms with Crippen LogP contribution in [0.5, 0.6) is 5.75 Å². The third-order valence-electron chi connectivity index (χ3n) is 4.26. The van der Waals surface area contributed by atoms with E-state index in [0.717, 1.165) is 0 Å². The van der Waals surface area contributed by atoms with E-state index in [1.54, 1.807) is 43.3 Å². The van der Waals surface area contributed by atoms with Crippen molar-refractivity contribution >= 4 is 43.2 Å². The molecule has 0 aromatic heterocycles. The topological polar surface area (TPSA) is 84.5 Å². The van der Waals surface area contributed by atoms with Gasteiger partial charge in [0.15, 0.2) is 0 Å². The quantitative estimate of drug-likeness (QED) is 0.509. The Bertz CT molecular complexity index is 1220. The highest BCUT2D eigenvalue weighted by Gasteiger charge is 2.20. The summed E-state index contributed by atoms with van der Waals surface area (Å²) in [4.78, 5) is 12.5. The van der Waals surface area contributed by atoms with Gasteiger partial charge in [-0.3, -0.25) is 9.52 Å². The van der Waals surface area contributed by atoms with Crippen LogP contribution in [-0.2, 0) is 10.0 Å². The number of halogens is 2. The lowest BCUT2D eigenvalue weighted by Gasteiger charge is -2.14. The number of para-hydroxylation sites is 2. The predicted octanol–water partition coefficient (Wildman–Crippen LogP) is 4.96. The number of aryl methyl sites for hydroxylation is 1. The molecule has 0 spiro atoms. The maximum atomic E-state index is 13.3. The molecule has 0 aliphatic rings. The minimum absolute atomic E-state index is 0.00405. The van der Waals surface area contributed by atoms with Crippen LogP contribution in [0, 0.1) is 12.7 Å². The Balaban J connectivity index is 1.90. The molecule has 9 heteroatoms. The van der Waals surface area contributed by atoms with Crippen LogP contribution in [0.4, 0.5) is 15.8 Å². The number of benzene rings is 3. The van der Waals surface area contributed by atoms with E-state index in [1.807, 2.05) is 0 Å². The van der Waals surface area contributed by atoms with Crippen LogP contribution in [0.2, 0.25) is 0 Å². The first kappa shape index (κ1) is 21.8. The Morgan fingerprint density at radius 3 is 2.50 bits per heavy atom. The van der Waals surface area contributed by atoms with E-state index < -0.39 is 21.7 Å². The molecule has 0 heterocycles. The van der Waals surface area contributed by atoms with Crippen molar-refractivity contribution in [3.05, 3.63) is 82.1 Å². The van der Waals surface area contributed by atoms with Crippen LogP contribution < -0.4 is 14.8 Å². The lowest BCUT2D eigenvalue weighted by Crippen LogP contribution is -2.17. The van der Waals surface area contributed by atoms with E-state index in [1.165, 1.54) is 31.4 Å². The minimum atomic E-state index is -3.95. The average Bonchev–Trinajstić information content (AvgIpc) is 2.69. The molecule has 0 unspecified atom stereocenters. The van der Waals surface area contributed by atoms with Gasteiger partial charge in [-0.05, 0) is 70.9 Å². The molecule has 0 radical (unpaired) electrons. The molecule has 0 atom stereocenters. The molecule has 3 aromatic carbocycles. The number of hydrogen-bond donors (Lipinski definition) is 2. The van der Waals surface area contributed by atoms with E-state index in [0.29, 0.717) is 17.0 Å². The monoisotopic (exact) mass is 492 g/mol. The molecule has 3 rings (SSSR count). The van der Waals surface area contributed by atoms with Crippen LogP contribution in [0.25, 0.3) is 0 Å².